The van der Waals surface area contributed by atoms with Gasteiger partial charge in [0.05, 0.1) is 11.5 Å². The van der Waals surface area contributed by atoms with Gasteiger partial charge < -0.3 is 10.2 Å². The highest BCUT2D eigenvalue weighted by atomic mass is 16.6. The summed E-state index contributed by atoms with van der Waals surface area (Å²) < 4.78 is 0. The second-order valence-corrected chi connectivity index (χ2v) is 4.69. The topological polar surface area (TPSA) is 92.6 Å². The summed E-state index contributed by atoms with van der Waals surface area (Å²) >= 11 is 0. The lowest BCUT2D eigenvalue weighted by Gasteiger charge is -2.19. The molecule has 2 rings (SSSR count). The highest BCUT2D eigenvalue weighted by molar-refractivity contribution is 5.97. The Morgan fingerprint density at radius 1 is 1.45 bits per heavy atom. The Bertz CT molecular complexity index is 571. The van der Waals surface area contributed by atoms with Gasteiger partial charge in [-0.25, -0.2) is 0 Å². The number of aryl methyl sites for hydroxylation is 1. The number of carbonyl (C=O) groups is 2. The SMILES string of the molecule is Cc1ccc(C(=O)N2CCCNC(=O)C2)cc1[N+](=O)[O-]. The Balaban J connectivity index is 2.26. The van der Waals surface area contributed by atoms with E-state index in [1.165, 1.54) is 11.0 Å². The minimum atomic E-state index is -0.513. The number of amides is 2. The first kappa shape index (κ1) is 14.0. The summed E-state index contributed by atoms with van der Waals surface area (Å²) in [6.07, 6.45) is 0.672. The Kier molecular flexibility index (Phi) is 3.97. The fourth-order valence-electron chi connectivity index (χ4n) is 2.10. The quantitative estimate of drug-likeness (QED) is 0.641. The number of carbonyl (C=O) groups excluding carboxylic acids is 2. The smallest absolute Gasteiger partial charge is 0.273 e. The van der Waals surface area contributed by atoms with E-state index in [1.807, 2.05) is 0 Å². The Morgan fingerprint density at radius 2 is 2.20 bits per heavy atom. The Hall–Kier alpha value is -2.44. The molecule has 1 aliphatic heterocycles. The van der Waals surface area contributed by atoms with Crippen LogP contribution in [-0.2, 0) is 4.79 Å². The molecular formula is C13H15N3O4. The van der Waals surface area contributed by atoms with Crippen molar-refractivity contribution < 1.29 is 14.5 Å². The molecule has 1 heterocycles. The Labute approximate surface area is 115 Å². The van der Waals surface area contributed by atoms with Crippen LogP contribution in [-0.4, -0.2) is 41.3 Å². The van der Waals surface area contributed by atoms with Crippen LogP contribution in [0.25, 0.3) is 0 Å². The third-order valence-electron chi connectivity index (χ3n) is 3.20. The molecule has 0 aromatic heterocycles. The summed E-state index contributed by atoms with van der Waals surface area (Å²) in [7, 11) is 0. The van der Waals surface area contributed by atoms with E-state index in [9.17, 15) is 19.7 Å². The summed E-state index contributed by atoms with van der Waals surface area (Å²) in [5.74, 6) is -0.567. The van der Waals surface area contributed by atoms with Gasteiger partial charge in [0, 0.05) is 30.3 Å². The molecule has 0 atom stereocenters. The molecule has 1 fully saturated rings. The van der Waals surface area contributed by atoms with Crippen molar-refractivity contribution >= 4 is 17.5 Å². The van der Waals surface area contributed by atoms with E-state index in [-0.39, 0.29) is 29.6 Å². The van der Waals surface area contributed by atoms with Crippen LogP contribution in [0.4, 0.5) is 5.69 Å². The lowest BCUT2D eigenvalue weighted by atomic mass is 10.1. The molecule has 0 spiro atoms. The number of hydrogen-bond acceptors (Lipinski definition) is 4. The fourth-order valence-corrected chi connectivity index (χ4v) is 2.10. The van der Waals surface area contributed by atoms with Crippen molar-refractivity contribution in [2.75, 3.05) is 19.6 Å². The van der Waals surface area contributed by atoms with Gasteiger partial charge >= 0.3 is 0 Å². The minimum absolute atomic E-state index is 0.0134. The predicted octanol–water partition coefficient (Wildman–Crippen LogP) is 0.865. The van der Waals surface area contributed by atoms with Crippen molar-refractivity contribution in [3.05, 3.63) is 39.4 Å². The maximum absolute atomic E-state index is 12.3. The van der Waals surface area contributed by atoms with Crippen LogP contribution in [0.3, 0.4) is 0 Å². The maximum atomic E-state index is 12.3. The van der Waals surface area contributed by atoms with Crippen molar-refractivity contribution in [3.8, 4) is 0 Å². The molecule has 0 saturated carbocycles. The molecule has 106 valence electrons. The molecule has 1 N–H and O–H groups in total. The number of nitrogens with zero attached hydrogens (tertiary/aromatic N) is 2. The number of hydrogen-bond donors (Lipinski definition) is 1. The second-order valence-electron chi connectivity index (χ2n) is 4.69. The van der Waals surface area contributed by atoms with E-state index in [1.54, 1.807) is 19.1 Å². The summed E-state index contributed by atoms with van der Waals surface area (Å²) in [5, 5.41) is 13.6. The zero-order chi connectivity index (χ0) is 14.7. The molecule has 1 aromatic carbocycles. The highest BCUT2D eigenvalue weighted by Gasteiger charge is 2.23. The summed E-state index contributed by atoms with van der Waals surface area (Å²) in [4.78, 5) is 35.6. The van der Waals surface area contributed by atoms with Crippen LogP contribution >= 0.6 is 0 Å². The average Bonchev–Trinajstić information content (AvgIpc) is 2.63. The van der Waals surface area contributed by atoms with Gasteiger partial charge in [0.2, 0.25) is 5.91 Å². The lowest BCUT2D eigenvalue weighted by molar-refractivity contribution is -0.385. The number of rotatable bonds is 2. The predicted molar refractivity (Wildman–Crippen MR) is 71.4 cm³/mol. The number of nitrogens with one attached hydrogen (secondary N) is 1. The van der Waals surface area contributed by atoms with Crippen molar-refractivity contribution in [1.82, 2.24) is 10.2 Å². The summed E-state index contributed by atoms with van der Waals surface area (Å²) in [6, 6.07) is 4.36. The van der Waals surface area contributed by atoms with Gasteiger partial charge in [-0.1, -0.05) is 6.07 Å². The first-order valence-corrected chi connectivity index (χ1v) is 6.30. The van der Waals surface area contributed by atoms with Crippen LogP contribution in [0.2, 0.25) is 0 Å². The van der Waals surface area contributed by atoms with Crippen molar-refractivity contribution in [2.24, 2.45) is 0 Å². The molecular weight excluding hydrogens is 262 g/mol. The molecule has 20 heavy (non-hydrogen) atoms. The van der Waals surface area contributed by atoms with Gasteiger partial charge in [-0.3, -0.25) is 19.7 Å². The van der Waals surface area contributed by atoms with Gasteiger partial charge in [-0.15, -0.1) is 0 Å². The monoisotopic (exact) mass is 277 g/mol. The summed E-state index contributed by atoms with van der Waals surface area (Å²) in [6.45, 7) is 2.60. The lowest BCUT2D eigenvalue weighted by Crippen LogP contribution is -2.37. The molecule has 0 aliphatic carbocycles. The van der Waals surface area contributed by atoms with Crippen molar-refractivity contribution in [1.29, 1.82) is 0 Å². The van der Waals surface area contributed by atoms with E-state index in [4.69, 9.17) is 0 Å². The van der Waals surface area contributed by atoms with Crippen LogP contribution in [0.5, 0.6) is 0 Å². The average molecular weight is 277 g/mol. The maximum Gasteiger partial charge on any atom is 0.273 e. The molecule has 0 bridgehead atoms. The van der Waals surface area contributed by atoms with Gasteiger partial charge in [-0.2, -0.15) is 0 Å². The fraction of sp³-hybridized carbons (Fsp3) is 0.385. The second kappa shape index (κ2) is 5.68. The zero-order valence-corrected chi connectivity index (χ0v) is 11.1. The third-order valence-corrected chi connectivity index (χ3v) is 3.20. The van der Waals surface area contributed by atoms with Gasteiger partial charge in [0.15, 0.2) is 0 Å². The molecule has 7 heteroatoms. The molecule has 1 aliphatic rings. The molecule has 2 amide bonds. The van der Waals surface area contributed by atoms with Gasteiger partial charge in [0.25, 0.3) is 11.6 Å². The molecule has 1 aromatic rings. The molecule has 0 radical (unpaired) electrons. The first-order chi connectivity index (χ1) is 9.49. The van der Waals surface area contributed by atoms with Crippen LogP contribution in [0, 0.1) is 17.0 Å². The third kappa shape index (κ3) is 2.93. The number of nitro groups is 1. The summed E-state index contributed by atoms with van der Waals surface area (Å²) in [5.41, 5.74) is 0.646. The largest absolute Gasteiger partial charge is 0.354 e. The van der Waals surface area contributed by atoms with E-state index in [0.29, 0.717) is 25.1 Å². The minimum Gasteiger partial charge on any atom is -0.354 e. The number of nitro benzene ring substituents is 1. The van der Waals surface area contributed by atoms with Gasteiger partial charge in [0.1, 0.15) is 0 Å². The number of benzene rings is 1. The standard InChI is InChI=1S/C13H15N3O4/c1-9-3-4-10(7-11(9)16(19)20)13(18)15-6-2-5-14-12(17)8-15/h3-4,7H,2,5-6,8H2,1H3,(H,14,17). The first-order valence-electron chi connectivity index (χ1n) is 6.30. The normalized spacial score (nSPS) is 15.4. The molecule has 1 saturated heterocycles. The van der Waals surface area contributed by atoms with Crippen molar-refractivity contribution in [2.45, 2.75) is 13.3 Å². The molecule has 7 nitrogen and oxygen atoms in total. The zero-order valence-electron chi connectivity index (χ0n) is 11.1. The van der Waals surface area contributed by atoms with E-state index in [0.717, 1.165) is 0 Å². The van der Waals surface area contributed by atoms with E-state index in [2.05, 4.69) is 5.32 Å². The highest BCUT2D eigenvalue weighted by Crippen LogP contribution is 2.20. The van der Waals surface area contributed by atoms with Crippen LogP contribution < -0.4 is 5.32 Å². The van der Waals surface area contributed by atoms with Gasteiger partial charge in [-0.05, 0) is 19.4 Å². The molecule has 0 unspecified atom stereocenters. The Morgan fingerprint density at radius 3 is 2.90 bits per heavy atom. The van der Waals surface area contributed by atoms with E-state index < -0.39 is 4.92 Å². The van der Waals surface area contributed by atoms with E-state index >= 15 is 0 Å². The van der Waals surface area contributed by atoms with Crippen LogP contribution in [0.15, 0.2) is 18.2 Å². The van der Waals surface area contributed by atoms with Crippen molar-refractivity contribution in [3.63, 3.8) is 0 Å². The van der Waals surface area contributed by atoms with Crippen LogP contribution in [0.1, 0.15) is 22.3 Å².